The van der Waals surface area contributed by atoms with E-state index in [1.807, 2.05) is 30.3 Å². The first-order valence-corrected chi connectivity index (χ1v) is 7.78. The van der Waals surface area contributed by atoms with Crippen LogP contribution in [0.15, 0.2) is 48.5 Å². The van der Waals surface area contributed by atoms with Gasteiger partial charge >= 0.3 is 0 Å². The minimum Gasteiger partial charge on any atom is -0.396 e. The topological polar surface area (TPSA) is 92.5 Å². The Morgan fingerprint density at radius 2 is 1.96 bits per heavy atom. The fourth-order valence-electron chi connectivity index (χ4n) is 2.40. The van der Waals surface area contributed by atoms with Gasteiger partial charge in [-0.2, -0.15) is 0 Å². The van der Waals surface area contributed by atoms with Gasteiger partial charge in [-0.15, -0.1) is 0 Å². The van der Waals surface area contributed by atoms with Crippen molar-refractivity contribution in [1.29, 1.82) is 0 Å². The molecule has 1 atom stereocenters. The van der Waals surface area contributed by atoms with Gasteiger partial charge in [-0.1, -0.05) is 41.9 Å². The Balaban J connectivity index is 2.10. The fourth-order valence-corrected chi connectivity index (χ4v) is 2.63. The molecule has 0 radical (unpaired) electrons. The summed E-state index contributed by atoms with van der Waals surface area (Å²) >= 11 is 5.83. The number of carbonyl (C=O) groups is 1. The largest absolute Gasteiger partial charge is 0.396 e. The van der Waals surface area contributed by atoms with Gasteiger partial charge in [0, 0.05) is 41.8 Å². The van der Waals surface area contributed by atoms with Gasteiger partial charge in [0.05, 0.1) is 4.92 Å². The van der Waals surface area contributed by atoms with Crippen LogP contribution < -0.4 is 5.32 Å². The molecule has 0 bridgehead atoms. The van der Waals surface area contributed by atoms with Crippen LogP contribution in [0.4, 0.5) is 5.69 Å². The molecule has 7 heteroatoms. The number of nitrogens with zero attached hydrogens (tertiary/aromatic N) is 1. The van der Waals surface area contributed by atoms with E-state index in [0.717, 1.165) is 5.56 Å². The predicted octanol–water partition coefficient (Wildman–Crippen LogP) is 3.14. The lowest BCUT2D eigenvalue weighted by molar-refractivity contribution is -0.384. The standard InChI is InChI=1S/C17H17ClN2O4/c18-15-8-14(9-16(10-15)20(23)24)17(22)19-11-13(6-7-21)12-4-2-1-3-5-12/h1-5,8-10,13,21H,6-7,11H2,(H,19,22). The van der Waals surface area contributed by atoms with Crippen LogP contribution in [-0.2, 0) is 0 Å². The lowest BCUT2D eigenvalue weighted by Gasteiger charge is -2.17. The third-order valence-electron chi connectivity index (χ3n) is 3.61. The first-order chi connectivity index (χ1) is 11.5. The number of non-ortho nitro benzene ring substituents is 1. The Bertz CT molecular complexity index is 722. The zero-order valence-electron chi connectivity index (χ0n) is 12.8. The number of hydrogen-bond donors (Lipinski definition) is 2. The van der Waals surface area contributed by atoms with Gasteiger partial charge in [0.25, 0.3) is 11.6 Å². The van der Waals surface area contributed by atoms with Gasteiger partial charge in [0.2, 0.25) is 0 Å². The molecule has 2 aromatic rings. The minimum atomic E-state index is -0.596. The highest BCUT2D eigenvalue weighted by molar-refractivity contribution is 6.31. The van der Waals surface area contributed by atoms with Crippen molar-refractivity contribution in [3.8, 4) is 0 Å². The number of aliphatic hydroxyl groups excluding tert-OH is 1. The van der Waals surface area contributed by atoms with Crippen molar-refractivity contribution in [2.75, 3.05) is 13.2 Å². The highest BCUT2D eigenvalue weighted by Gasteiger charge is 2.16. The molecule has 0 saturated carbocycles. The van der Waals surface area contributed by atoms with E-state index in [1.165, 1.54) is 18.2 Å². The second-order valence-electron chi connectivity index (χ2n) is 5.29. The lowest BCUT2D eigenvalue weighted by Crippen LogP contribution is -2.29. The maximum atomic E-state index is 12.3. The Labute approximate surface area is 144 Å². The van der Waals surface area contributed by atoms with Crippen LogP contribution in [0.1, 0.15) is 28.3 Å². The van der Waals surface area contributed by atoms with Crippen molar-refractivity contribution in [2.24, 2.45) is 0 Å². The average Bonchev–Trinajstić information content (AvgIpc) is 2.58. The second-order valence-corrected chi connectivity index (χ2v) is 5.72. The molecule has 0 fully saturated rings. The molecule has 0 aliphatic rings. The van der Waals surface area contributed by atoms with Gasteiger partial charge in [0.15, 0.2) is 0 Å². The molecule has 1 unspecified atom stereocenters. The van der Waals surface area contributed by atoms with Gasteiger partial charge in [-0.25, -0.2) is 0 Å². The predicted molar refractivity (Wildman–Crippen MR) is 91.3 cm³/mol. The summed E-state index contributed by atoms with van der Waals surface area (Å²) in [6.45, 7) is 0.307. The molecule has 1 amide bonds. The molecule has 2 aromatic carbocycles. The van der Waals surface area contributed by atoms with E-state index >= 15 is 0 Å². The smallest absolute Gasteiger partial charge is 0.271 e. The first kappa shape index (κ1) is 17.9. The van der Waals surface area contributed by atoms with Crippen LogP contribution >= 0.6 is 11.6 Å². The number of nitrogens with one attached hydrogen (secondary N) is 1. The summed E-state index contributed by atoms with van der Waals surface area (Å²) in [5.74, 6) is -0.492. The molecule has 0 heterocycles. The average molecular weight is 349 g/mol. The molecule has 2 rings (SSSR count). The van der Waals surface area contributed by atoms with E-state index in [9.17, 15) is 20.0 Å². The molecule has 2 N–H and O–H groups in total. The summed E-state index contributed by atoms with van der Waals surface area (Å²) in [5, 5.41) is 22.9. The third kappa shape index (κ3) is 4.78. The molecular formula is C17H17ClN2O4. The number of hydrogen-bond acceptors (Lipinski definition) is 4. The van der Waals surface area contributed by atoms with E-state index < -0.39 is 10.8 Å². The quantitative estimate of drug-likeness (QED) is 0.593. The maximum Gasteiger partial charge on any atom is 0.271 e. The Morgan fingerprint density at radius 1 is 1.25 bits per heavy atom. The van der Waals surface area contributed by atoms with Gasteiger partial charge < -0.3 is 10.4 Å². The number of nitro groups is 1. The van der Waals surface area contributed by atoms with E-state index in [-0.39, 0.29) is 28.8 Å². The summed E-state index contributed by atoms with van der Waals surface area (Å²) in [4.78, 5) is 22.5. The van der Waals surface area contributed by atoms with Crippen LogP contribution in [0.5, 0.6) is 0 Å². The third-order valence-corrected chi connectivity index (χ3v) is 3.83. The number of aliphatic hydroxyl groups is 1. The van der Waals surface area contributed by atoms with Crippen molar-refractivity contribution < 1.29 is 14.8 Å². The van der Waals surface area contributed by atoms with E-state index in [2.05, 4.69) is 5.32 Å². The maximum absolute atomic E-state index is 12.3. The van der Waals surface area contributed by atoms with E-state index in [0.29, 0.717) is 13.0 Å². The summed E-state index contributed by atoms with van der Waals surface area (Å²) in [5.41, 5.74) is 0.900. The van der Waals surface area contributed by atoms with E-state index in [4.69, 9.17) is 11.6 Å². The van der Waals surface area contributed by atoms with Gasteiger partial charge in [-0.3, -0.25) is 14.9 Å². The van der Waals surface area contributed by atoms with Crippen LogP contribution in [-0.4, -0.2) is 29.1 Å². The van der Waals surface area contributed by atoms with E-state index in [1.54, 1.807) is 0 Å². The molecule has 24 heavy (non-hydrogen) atoms. The number of carbonyl (C=O) groups excluding carboxylic acids is 1. The molecular weight excluding hydrogens is 332 g/mol. The highest BCUT2D eigenvalue weighted by Crippen LogP contribution is 2.22. The zero-order chi connectivity index (χ0) is 17.5. The number of amides is 1. The normalized spacial score (nSPS) is 11.8. The molecule has 0 aromatic heterocycles. The van der Waals surface area contributed by atoms with Crippen molar-refractivity contribution in [3.05, 3.63) is 74.8 Å². The number of benzene rings is 2. The van der Waals surface area contributed by atoms with Crippen LogP contribution in [0.3, 0.4) is 0 Å². The number of rotatable bonds is 7. The highest BCUT2D eigenvalue weighted by atomic mass is 35.5. The molecule has 126 valence electrons. The summed E-state index contributed by atoms with van der Waals surface area (Å²) in [6, 6.07) is 13.3. The van der Waals surface area contributed by atoms with Crippen LogP contribution in [0.25, 0.3) is 0 Å². The Hall–Kier alpha value is -2.44. The summed E-state index contributed by atoms with van der Waals surface area (Å²) in [7, 11) is 0. The van der Waals surface area contributed by atoms with Crippen molar-refractivity contribution in [2.45, 2.75) is 12.3 Å². The molecule has 0 aliphatic heterocycles. The minimum absolute atomic E-state index is 0.00192. The number of nitro benzene ring substituents is 1. The second kappa shape index (κ2) is 8.42. The monoisotopic (exact) mass is 348 g/mol. The molecule has 0 spiro atoms. The zero-order valence-corrected chi connectivity index (χ0v) is 13.6. The van der Waals surface area contributed by atoms with Crippen LogP contribution in [0.2, 0.25) is 5.02 Å². The van der Waals surface area contributed by atoms with Crippen LogP contribution in [0, 0.1) is 10.1 Å². The molecule has 6 nitrogen and oxygen atoms in total. The first-order valence-electron chi connectivity index (χ1n) is 7.40. The summed E-state index contributed by atoms with van der Waals surface area (Å²) < 4.78 is 0. The fraction of sp³-hybridized carbons (Fsp3) is 0.235. The molecule has 0 saturated heterocycles. The van der Waals surface area contributed by atoms with Gasteiger partial charge in [-0.05, 0) is 18.1 Å². The van der Waals surface area contributed by atoms with Gasteiger partial charge in [0.1, 0.15) is 0 Å². The Kier molecular flexibility index (Phi) is 6.28. The Morgan fingerprint density at radius 3 is 2.58 bits per heavy atom. The number of halogens is 1. The molecule has 0 aliphatic carbocycles. The van der Waals surface area contributed by atoms with Crippen molar-refractivity contribution in [1.82, 2.24) is 5.32 Å². The van der Waals surface area contributed by atoms with Crippen molar-refractivity contribution in [3.63, 3.8) is 0 Å². The lowest BCUT2D eigenvalue weighted by atomic mass is 9.96. The van der Waals surface area contributed by atoms with Crippen molar-refractivity contribution >= 4 is 23.2 Å². The summed E-state index contributed by atoms with van der Waals surface area (Å²) in [6.07, 6.45) is 0.500. The SMILES string of the molecule is O=C(NCC(CCO)c1ccccc1)c1cc(Cl)cc([N+](=O)[O-])c1.